The first-order chi connectivity index (χ1) is 6.06. The second-order valence-electron chi connectivity index (χ2n) is 3.61. The molecule has 0 aliphatic carbocycles. The maximum Gasteiger partial charge on any atom is 0.0916 e. The highest BCUT2D eigenvalue weighted by molar-refractivity contribution is 7.81. The summed E-state index contributed by atoms with van der Waals surface area (Å²) >= 11 is 0. The quantitative estimate of drug-likeness (QED) is 0.679. The predicted molar refractivity (Wildman–Crippen MR) is 55.5 cm³/mol. The van der Waals surface area contributed by atoms with Crippen molar-refractivity contribution in [3.63, 3.8) is 0 Å². The summed E-state index contributed by atoms with van der Waals surface area (Å²) in [5.74, 6) is 0. The summed E-state index contributed by atoms with van der Waals surface area (Å²) in [7, 11) is 1.08. The van der Waals surface area contributed by atoms with E-state index in [1.165, 1.54) is 0 Å². The average molecular weight is 205 g/mol. The molecule has 0 aromatic carbocycles. The Morgan fingerprint density at radius 1 is 1.31 bits per heavy atom. The Bertz CT molecular complexity index is 188. The molecule has 78 valence electrons. The van der Waals surface area contributed by atoms with Gasteiger partial charge >= 0.3 is 0 Å². The van der Waals surface area contributed by atoms with E-state index in [-0.39, 0.29) is 0 Å². The van der Waals surface area contributed by atoms with Gasteiger partial charge in [0.2, 0.25) is 0 Å². The van der Waals surface area contributed by atoms with Crippen LogP contribution in [0, 0.1) is 0 Å². The lowest BCUT2D eigenvalue weighted by molar-refractivity contribution is 0.0734. The highest BCUT2D eigenvalue weighted by atomic mass is 32.2. The zero-order valence-corrected chi connectivity index (χ0v) is 9.60. The van der Waals surface area contributed by atoms with Crippen LogP contribution in [-0.2, 0) is 11.0 Å². The largest absolute Gasteiger partial charge is 0.258 e. The molecule has 0 spiro atoms. The van der Waals surface area contributed by atoms with Crippen LogP contribution in [0.1, 0.15) is 13.8 Å². The van der Waals surface area contributed by atoms with Crippen LogP contribution in [0.3, 0.4) is 0 Å². The number of nitrogens with one attached hydrogen (secondary N) is 1. The summed E-state index contributed by atoms with van der Waals surface area (Å²) in [5, 5.41) is 2.17. The average Bonchev–Trinajstić information content (AvgIpc) is 2.02. The van der Waals surface area contributed by atoms with Crippen molar-refractivity contribution in [2.24, 2.45) is 0 Å². The normalized spacial score (nSPS) is 34.8. The Morgan fingerprint density at radius 3 is 2.08 bits per heavy atom. The van der Waals surface area contributed by atoms with Crippen molar-refractivity contribution in [3.05, 3.63) is 0 Å². The molecule has 5 heteroatoms. The van der Waals surface area contributed by atoms with E-state index < -0.39 is 11.0 Å². The molecule has 1 rings (SSSR count). The highest BCUT2D eigenvalue weighted by Crippen LogP contribution is 2.15. The van der Waals surface area contributed by atoms with Crippen LogP contribution in [0.25, 0.3) is 0 Å². The van der Waals surface area contributed by atoms with Crippen LogP contribution in [-0.4, -0.2) is 52.0 Å². The maximum absolute atomic E-state index is 11.4. The van der Waals surface area contributed by atoms with Gasteiger partial charge in [0.1, 0.15) is 0 Å². The molecule has 0 radical (unpaired) electrons. The highest BCUT2D eigenvalue weighted by Gasteiger charge is 2.30. The molecule has 0 aromatic rings. The predicted octanol–water partition coefficient (Wildman–Crippen LogP) is -0.191. The summed E-state index contributed by atoms with van der Waals surface area (Å²) < 4.78 is 13.5. The minimum absolute atomic E-state index is 0.349. The van der Waals surface area contributed by atoms with E-state index in [0.717, 1.165) is 13.1 Å². The third kappa shape index (κ3) is 2.49. The van der Waals surface area contributed by atoms with Crippen molar-refractivity contribution in [1.29, 1.82) is 0 Å². The van der Waals surface area contributed by atoms with Gasteiger partial charge in [-0.1, -0.05) is 0 Å². The molecular formula is C8H19N3OS. The van der Waals surface area contributed by atoms with Crippen LogP contribution in [0.4, 0.5) is 0 Å². The fourth-order valence-electron chi connectivity index (χ4n) is 2.00. The Kier molecular flexibility index (Phi) is 3.85. The van der Waals surface area contributed by atoms with E-state index in [4.69, 9.17) is 0 Å². The molecule has 1 N–H and O–H groups in total. The van der Waals surface area contributed by atoms with Crippen LogP contribution in [0.5, 0.6) is 0 Å². The summed E-state index contributed by atoms with van der Waals surface area (Å²) in [6, 6.07) is 0.698. The molecule has 0 amide bonds. The first kappa shape index (κ1) is 11.1. The minimum atomic E-state index is -0.850. The first-order valence-electron chi connectivity index (χ1n) is 4.60. The zero-order chi connectivity index (χ0) is 10.0. The first-order valence-corrected chi connectivity index (χ1v) is 6.12. The molecular weight excluding hydrogens is 186 g/mol. The van der Waals surface area contributed by atoms with E-state index in [1.807, 2.05) is 7.05 Å². The van der Waals surface area contributed by atoms with Gasteiger partial charge in [0.15, 0.2) is 0 Å². The zero-order valence-electron chi connectivity index (χ0n) is 8.78. The van der Waals surface area contributed by atoms with Crippen molar-refractivity contribution in [2.45, 2.75) is 25.9 Å². The fourth-order valence-corrected chi connectivity index (χ4v) is 3.14. The number of hydrogen-bond donors (Lipinski definition) is 1. The summed E-state index contributed by atoms with van der Waals surface area (Å²) in [6.07, 6.45) is 1.75. The number of hydrazine groups is 1. The Balaban J connectivity index is 2.64. The number of hydrogen-bond acceptors (Lipinski definition) is 3. The Labute approximate surface area is 82.8 Å². The minimum Gasteiger partial charge on any atom is -0.258 e. The Morgan fingerprint density at radius 2 is 1.77 bits per heavy atom. The van der Waals surface area contributed by atoms with E-state index in [2.05, 4.69) is 28.6 Å². The van der Waals surface area contributed by atoms with Crippen molar-refractivity contribution < 1.29 is 4.21 Å². The van der Waals surface area contributed by atoms with Crippen LogP contribution < -0.4 is 5.43 Å². The molecule has 1 unspecified atom stereocenters. The standard InChI is InChI=1S/C8H19N3OS/c1-7-5-10(9-3)6-8(2)11(7)13(4)12/h7-9H,5-6H2,1-4H3/t7-,8-,13?/m1/s1. The summed E-state index contributed by atoms with van der Waals surface area (Å²) in [4.78, 5) is 0. The van der Waals surface area contributed by atoms with Gasteiger partial charge in [-0.2, -0.15) is 0 Å². The van der Waals surface area contributed by atoms with Gasteiger partial charge in [0.05, 0.1) is 11.0 Å². The topological polar surface area (TPSA) is 35.6 Å². The Hall–Kier alpha value is 0.0300. The lowest BCUT2D eigenvalue weighted by Crippen LogP contribution is -2.59. The van der Waals surface area contributed by atoms with E-state index in [0.29, 0.717) is 12.1 Å². The molecule has 0 bridgehead atoms. The molecule has 1 heterocycles. The molecule has 4 nitrogen and oxygen atoms in total. The van der Waals surface area contributed by atoms with Gasteiger partial charge in [0, 0.05) is 31.4 Å². The summed E-state index contributed by atoms with van der Waals surface area (Å²) in [6.45, 7) is 6.09. The number of nitrogens with zero attached hydrogens (tertiary/aromatic N) is 2. The van der Waals surface area contributed by atoms with Gasteiger partial charge in [-0.3, -0.25) is 5.43 Å². The van der Waals surface area contributed by atoms with Crippen LogP contribution in [0.15, 0.2) is 0 Å². The maximum atomic E-state index is 11.4. The molecule has 1 fully saturated rings. The van der Waals surface area contributed by atoms with Gasteiger partial charge in [-0.05, 0) is 20.9 Å². The van der Waals surface area contributed by atoms with Crippen molar-refractivity contribution in [3.8, 4) is 0 Å². The second-order valence-corrected chi connectivity index (χ2v) is 4.88. The SMILES string of the molecule is CNN1C[C@@H](C)N(S(C)=O)[C@H](C)C1. The van der Waals surface area contributed by atoms with Gasteiger partial charge in [-0.15, -0.1) is 0 Å². The molecule has 1 saturated heterocycles. The summed E-state index contributed by atoms with van der Waals surface area (Å²) in [5.41, 5.74) is 3.13. The van der Waals surface area contributed by atoms with Crippen LogP contribution in [0.2, 0.25) is 0 Å². The van der Waals surface area contributed by atoms with Crippen molar-refractivity contribution in [2.75, 3.05) is 26.4 Å². The monoisotopic (exact) mass is 205 g/mol. The van der Waals surface area contributed by atoms with Crippen molar-refractivity contribution >= 4 is 11.0 Å². The molecule has 0 saturated carbocycles. The lowest BCUT2D eigenvalue weighted by Gasteiger charge is -2.42. The van der Waals surface area contributed by atoms with E-state index >= 15 is 0 Å². The number of rotatable bonds is 2. The molecule has 3 atom stereocenters. The van der Waals surface area contributed by atoms with Gasteiger partial charge in [-0.25, -0.2) is 13.5 Å². The number of piperazine rings is 1. The smallest absolute Gasteiger partial charge is 0.0916 e. The van der Waals surface area contributed by atoms with Gasteiger partial charge < -0.3 is 0 Å². The third-order valence-corrected chi connectivity index (χ3v) is 3.76. The molecule has 1 aliphatic rings. The molecule has 0 aromatic heterocycles. The fraction of sp³-hybridized carbons (Fsp3) is 1.00. The second kappa shape index (κ2) is 4.50. The van der Waals surface area contributed by atoms with E-state index in [1.54, 1.807) is 6.26 Å². The van der Waals surface area contributed by atoms with Gasteiger partial charge in [0.25, 0.3) is 0 Å². The molecule has 1 aliphatic heterocycles. The van der Waals surface area contributed by atoms with Crippen molar-refractivity contribution in [1.82, 2.24) is 14.7 Å². The van der Waals surface area contributed by atoms with E-state index in [9.17, 15) is 4.21 Å². The van der Waals surface area contributed by atoms with Crippen LogP contribution >= 0.6 is 0 Å². The molecule has 13 heavy (non-hydrogen) atoms. The third-order valence-electron chi connectivity index (χ3n) is 2.45. The lowest BCUT2D eigenvalue weighted by atomic mass is 10.2.